The minimum Gasteiger partial charge on any atom is -0.342 e. The van der Waals surface area contributed by atoms with Crippen LogP contribution in [0, 0.1) is 18.7 Å². The van der Waals surface area contributed by atoms with E-state index in [0.29, 0.717) is 0 Å². The van der Waals surface area contributed by atoms with Crippen molar-refractivity contribution in [3.8, 4) is 0 Å². The number of rotatable bonds is 4. The number of halogens is 1. The van der Waals surface area contributed by atoms with E-state index in [1.165, 1.54) is 6.07 Å². The molecule has 0 spiro atoms. The van der Waals surface area contributed by atoms with Gasteiger partial charge in [0.25, 0.3) is 0 Å². The molecule has 0 aliphatic carbocycles. The lowest BCUT2D eigenvalue weighted by atomic mass is 9.94. The molecule has 1 unspecified atom stereocenters. The molecule has 0 bridgehead atoms. The van der Waals surface area contributed by atoms with Gasteiger partial charge in [0.05, 0.1) is 11.7 Å². The highest BCUT2D eigenvalue weighted by Crippen LogP contribution is 2.24. The summed E-state index contributed by atoms with van der Waals surface area (Å²) in [6.07, 6.45) is 3.78. The summed E-state index contributed by atoms with van der Waals surface area (Å²) >= 11 is 0. The third-order valence-electron chi connectivity index (χ3n) is 5.61. The van der Waals surface area contributed by atoms with Gasteiger partial charge < -0.3 is 10.2 Å². The summed E-state index contributed by atoms with van der Waals surface area (Å²) < 4.78 is 13.9. The number of anilines is 1. The second kappa shape index (κ2) is 8.16. The minimum atomic E-state index is -0.416. The number of aryl methyl sites for hydroxylation is 1. The van der Waals surface area contributed by atoms with Crippen molar-refractivity contribution in [1.82, 2.24) is 9.80 Å². The van der Waals surface area contributed by atoms with Crippen LogP contribution in [0.15, 0.2) is 18.2 Å². The summed E-state index contributed by atoms with van der Waals surface area (Å²) in [5.41, 5.74) is 1.03. The number of piperidine rings is 1. The van der Waals surface area contributed by atoms with Crippen LogP contribution < -0.4 is 5.32 Å². The van der Waals surface area contributed by atoms with Gasteiger partial charge in [-0.3, -0.25) is 14.5 Å². The lowest BCUT2D eigenvalue weighted by Gasteiger charge is -2.36. The average Bonchev–Trinajstić information content (AvgIpc) is 3.17. The molecule has 2 aliphatic heterocycles. The predicted octanol–water partition coefficient (Wildman–Crippen LogP) is 2.80. The van der Waals surface area contributed by atoms with Crippen LogP contribution in [-0.2, 0) is 9.59 Å². The minimum absolute atomic E-state index is 0.0779. The Morgan fingerprint density at radius 2 is 1.81 bits per heavy atom. The topological polar surface area (TPSA) is 52.7 Å². The summed E-state index contributed by atoms with van der Waals surface area (Å²) in [5.74, 6) is -0.271. The molecule has 2 amide bonds. The van der Waals surface area contributed by atoms with Crippen molar-refractivity contribution in [2.75, 3.05) is 31.5 Å². The molecule has 2 saturated heterocycles. The number of hydrogen-bond acceptors (Lipinski definition) is 3. The Morgan fingerprint density at radius 1 is 1.15 bits per heavy atom. The molecule has 0 radical (unpaired) electrons. The molecule has 1 aromatic carbocycles. The van der Waals surface area contributed by atoms with Crippen LogP contribution >= 0.6 is 0 Å². The molecule has 142 valence electrons. The monoisotopic (exact) mass is 361 g/mol. The number of benzene rings is 1. The van der Waals surface area contributed by atoms with Gasteiger partial charge in [0.15, 0.2) is 0 Å². The number of nitrogens with one attached hydrogen (secondary N) is 1. The van der Waals surface area contributed by atoms with E-state index in [4.69, 9.17) is 0 Å². The highest BCUT2D eigenvalue weighted by Gasteiger charge is 2.32. The number of carbonyl (C=O) groups excluding carboxylic acids is 2. The molecule has 1 N–H and O–H groups in total. The van der Waals surface area contributed by atoms with Gasteiger partial charge >= 0.3 is 0 Å². The lowest BCUT2D eigenvalue weighted by Crippen LogP contribution is -2.48. The number of amides is 2. The van der Waals surface area contributed by atoms with Crippen molar-refractivity contribution >= 4 is 17.5 Å². The second-order valence-electron chi connectivity index (χ2n) is 7.49. The van der Waals surface area contributed by atoms with E-state index in [-0.39, 0.29) is 29.5 Å². The zero-order valence-electron chi connectivity index (χ0n) is 15.6. The summed E-state index contributed by atoms with van der Waals surface area (Å²) in [7, 11) is 0. The summed E-state index contributed by atoms with van der Waals surface area (Å²) in [5, 5.41) is 2.68. The first kappa shape index (κ1) is 18.8. The molecule has 1 atom stereocenters. The highest BCUT2D eigenvalue weighted by molar-refractivity contribution is 5.94. The Morgan fingerprint density at radius 3 is 2.42 bits per heavy atom. The van der Waals surface area contributed by atoms with Crippen LogP contribution in [0.4, 0.5) is 10.1 Å². The van der Waals surface area contributed by atoms with Crippen LogP contribution in [-0.4, -0.2) is 53.8 Å². The maximum atomic E-state index is 13.9. The van der Waals surface area contributed by atoms with Crippen molar-refractivity contribution in [1.29, 1.82) is 0 Å². The Hall–Kier alpha value is -1.95. The van der Waals surface area contributed by atoms with Crippen LogP contribution in [0.1, 0.15) is 38.2 Å². The largest absolute Gasteiger partial charge is 0.342 e. The van der Waals surface area contributed by atoms with E-state index in [0.717, 1.165) is 57.4 Å². The maximum Gasteiger partial charge on any atom is 0.241 e. The summed E-state index contributed by atoms with van der Waals surface area (Å²) in [4.78, 5) is 29.0. The molecular formula is C20H28FN3O2. The fourth-order valence-electron chi connectivity index (χ4n) is 3.85. The first-order chi connectivity index (χ1) is 12.5. The lowest BCUT2D eigenvalue weighted by molar-refractivity contribution is -0.136. The van der Waals surface area contributed by atoms with Crippen molar-refractivity contribution in [3.63, 3.8) is 0 Å². The van der Waals surface area contributed by atoms with Gasteiger partial charge in [-0.25, -0.2) is 4.39 Å². The fourth-order valence-corrected chi connectivity index (χ4v) is 3.85. The molecule has 26 heavy (non-hydrogen) atoms. The first-order valence-electron chi connectivity index (χ1n) is 9.55. The molecule has 2 fully saturated rings. The fraction of sp³-hybridized carbons (Fsp3) is 0.600. The van der Waals surface area contributed by atoms with Gasteiger partial charge in [0.2, 0.25) is 11.8 Å². The van der Waals surface area contributed by atoms with Gasteiger partial charge in [-0.15, -0.1) is 0 Å². The van der Waals surface area contributed by atoms with E-state index < -0.39 is 5.82 Å². The Labute approximate surface area is 154 Å². The van der Waals surface area contributed by atoms with Gasteiger partial charge in [-0.05, 0) is 70.3 Å². The molecule has 6 heteroatoms. The first-order valence-corrected chi connectivity index (χ1v) is 9.55. The Kier molecular flexibility index (Phi) is 5.91. The number of nitrogens with zero attached hydrogens (tertiary/aromatic N) is 2. The van der Waals surface area contributed by atoms with E-state index in [9.17, 15) is 14.0 Å². The molecule has 2 aliphatic rings. The number of carbonyl (C=O) groups is 2. The third-order valence-corrected chi connectivity index (χ3v) is 5.61. The van der Waals surface area contributed by atoms with Gasteiger partial charge in [-0.2, -0.15) is 0 Å². The summed E-state index contributed by atoms with van der Waals surface area (Å²) in [6, 6.07) is 4.43. The standard InChI is InChI=1S/C20H28FN3O2/c1-14-5-6-18(17(21)13-14)22-19(25)15(2)23-11-7-16(8-12-23)20(26)24-9-3-4-10-24/h5-6,13,15-16H,3-4,7-12H2,1-2H3,(H,22,25). The van der Waals surface area contributed by atoms with Crippen LogP contribution in [0.2, 0.25) is 0 Å². The molecule has 0 aromatic heterocycles. The summed E-state index contributed by atoms with van der Waals surface area (Å²) in [6.45, 7) is 6.86. The van der Waals surface area contributed by atoms with E-state index in [1.54, 1.807) is 12.1 Å². The number of likely N-dealkylation sites (tertiary alicyclic amines) is 2. The highest BCUT2D eigenvalue weighted by atomic mass is 19.1. The van der Waals surface area contributed by atoms with Gasteiger partial charge in [0.1, 0.15) is 5.82 Å². The van der Waals surface area contributed by atoms with E-state index >= 15 is 0 Å². The predicted molar refractivity (Wildman–Crippen MR) is 99.3 cm³/mol. The maximum absolute atomic E-state index is 13.9. The molecule has 2 heterocycles. The zero-order chi connectivity index (χ0) is 18.7. The Bertz CT molecular complexity index is 665. The van der Waals surface area contributed by atoms with E-state index in [2.05, 4.69) is 10.2 Å². The molecule has 3 rings (SSSR count). The average molecular weight is 361 g/mol. The van der Waals surface area contributed by atoms with Crippen molar-refractivity contribution in [3.05, 3.63) is 29.6 Å². The van der Waals surface area contributed by atoms with Crippen LogP contribution in [0.5, 0.6) is 0 Å². The Balaban J connectivity index is 1.51. The molecule has 5 nitrogen and oxygen atoms in total. The normalized spacial score (nSPS) is 20.2. The number of hydrogen-bond donors (Lipinski definition) is 1. The van der Waals surface area contributed by atoms with E-state index in [1.807, 2.05) is 18.7 Å². The van der Waals surface area contributed by atoms with Crippen molar-refractivity contribution in [2.45, 2.75) is 45.6 Å². The van der Waals surface area contributed by atoms with Crippen molar-refractivity contribution < 1.29 is 14.0 Å². The SMILES string of the molecule is Cc1ccc(NC(=O)C(C)N2CCC(C(=O)N3CCCC3)CC2)c(F)c1. The molecule has 1 aromatic rings. The molecular weight excluding hydrogens is 333 g/mol. The van der Waals surface area contributed by atoms with Gasteiger partial charge in [-0.1, -0.05) is 6.07 Å². The van der Waals surface area contributed by atoms with Crippen molar-refractivity contribution in [2.24, 2.45) is 5.92 Å². The van der Waals surface area contributed by atoms with Crippen LogP contribution in [0.3, 0.4) is 0 Å². The smallest absolute Gasteiger partial charge is 0.241 e. The van der Waals surface area contributed by atoms with Gasteiger partial charge in [0, 0.05) is 19.0 Å². The second-order valence-corrected chi connectivity index (χ2v) is 7.49. The third kappa shape index (κ3) is 4.23. The van der Waals surface area contributed by atoms with Crippen LogP contribution in [0.25, 0.3) is 0 Å². The molecule has 0 saturated carbocycles. The zero-order valence-corrected chi connectivity index (χ0v) is 15.6. The quantitative estimate of drug-likeness (QED) is 0.897.